The molecular formula is C25H39NO3. The number of methoxy groups -OCH3 is 1. The summed E-state index contributed by atoms with van der Waals surface area (Å²) in [6.07, 6.45) is 11.8. The molecule has 1 atom stereocenters. The van der Waals surface area contributed by atoms with E-state index in [1.807, 2.05) is 13.1 Å². The van der Waals surface area contributed by atoms with Gasteiger partial charge < -0.3 is 9.47 Å². The van der Waals surface area contributed by atoms with Crippen molar-refractivity contribution in [3.8, 4) is 0 Å². The number of hydrogen-bond acceptors (Lipinski definition) is 4. The number of ether oxygens (including phenoxy) is 2. The van der Waals surface area contributed by atoms with Gasteiger partial charge in [-0.05, 0) is 74.6 Å². The van der Waals surface area contributed by atoms with Crippen molar-refractivity contribution in [2.45, 2.75) is 85.2 Å². The first kappa shape index (κ1) is 23.8. The van der Waals surface area contributed by atoms with Crippen LogP contribution in [0.2, 0.25) is 0 Å². The fraction of sp³-hybridized carbons (Fsp3) is 0.680. The molecule has 2 rings (SSSR count). The molecule has 1 aromatic rings. The number of allylic oxidation sites excluding steroid dienone is 1. The first-order valence-corrected chi connectivity index (χ1v) is 11.0. The Bertz CT molecular complexity index is 706. The van der Waals surface area contributed by atoms with Crippen molar-refractivity contribution in [2.24, 2.45) is 11.8 Å². The molecule has 1 aliphatic rings. The monoisotopic (exact) mass is 401 g/mol. The molecule has 1 aliphatic carbocycles. The minimum Gasteiger partial charge on any atom is -0.359 e. The average molecular weight is 402 g/mol. The van der Waals surface area contributed by atoms with Gasteiger partial charge in [-0.1, -0.05) is 39.2 Å². The molecule has 29 heavy (non-hydrogen) atoms. The number of rotatable bonds is 13. The van der Waals surface area contributed by atoms with Crippen LogP contribution in [0.4, 0.5) is 0 Å². The smallest absolute Gasteiger partial charge is 0.166 e. The van der Waals surface area contributed by atoms with E-state index in [-0.39, 0.29) is 12.6 Å². The molecule has 0 amide bonds. The van der Waals surface area contributed by atoms with Crippen LogP contribution < -0.4 is 0 Å². The zero-order valence-corrected chi connectivity index (χ0v) is 19.2. The van der Waals surface area contributed by atoms with Gasteiger partial charge in [0.25, 0.3) is 0 Å². The van der Waals surface area contributed by atoms with Crippen LogP contribution in [0.15, 0.2) is 23.9 Å². The molecule has 0 aromatic carbocycles. The molecule has 0 radical (unpaired) electrons. The highest BCUT2D eigenvalue weighted by atomic mass is 16.7. The van der Waals surface area contributed by atoms with Gasteiger partial charge in [0.2, 0.25) is 0 Å². The summed E-state index contributed by atoms with van der Waals surface area (Å²) < 4.78 is 11.2. The lowest BCUT2D eigenvalue weighted by molar-refractivity contribution is -0.153. The number of carbonyl (C=O) groups excluding carboxylic acids is 1. The molecule has 0 unspecified atom stereocenters. The average Bonchev–Trinajstić information content (AvgIpc) is 3.49. The third kappa shape index (κ3) is 7.04. The molecule has 1 fully saturated rings. The van der Waals surface area contributed by atoms with Crippen molar-refractivity contribution in [3.63, 3.8) is 0 Å². The van der Waals surface area contributed by atoms with Crippen molar-refractivity contribution in [1.29, 1.82) is 0 Å². The maximum Gasteiger partial charge on any atom is 0.166 e. The van der Waals surface area contributed by atoms with Gasteiger partial charge in [0, 0.05) is 25.4 Å². The van der Waals surface area contributed by atoms with E-state index < -0.39 is 5.60 Å². The minimum absolute atomic E-state index is 0.00952. The van der Waals surface area contributed by atoms with Crippen molar-refractivity contribution >= 4 is 5.78 Å². The quantitative estimate of drug-likeness (QED) is 0.319. The number of aromatic nitrogens is 1. The van der Waals surface area contributed by atoms with Gasteiger partial charge in [-0.15, -0.1) is 0 Å². The SMILES string of the molecule is COCO[C@@](Cc1cc(CCCC2CC2)c(C)cn1)(C(C)=O)/C(C)=C\CC(C)C. The molecule has 1 heterocycles. The van der Waals surface area contributed by atoms with Gasteiger partial charge in [-0.25, -0.2) is 0 Å². The third-order valence-electron chi connectivity index (χ3n) is 5.98. The summed E-state index contributed by atoms with van der Waals surface area (Å²) in [6.45, 7) is 10.1. The molecular weight excluding hydrogens is 362 g/mol. The summed E-state index contributed by atoms with van der Waals surface area (Å²) in [5, 5.41) is 0. The second-order valence-electron chi connectivity index (χ2n) is 9.07. The number of carbonyl (C=O) groups is 1. The van der Waals surface area contributed by atoms with E-state index in [4.69, 9.17) is 9.47 Å². The highest BCUT2D eigenvalue weighted by Crippen LogP contribution is 2.34. The second-order valence-corrected chi connectivity index (χ2v) is 9.07. The summed E-state index contributed by atoms with van der Waals surface area (Å²) >= 11 is 0. The van der Waals surface area contributed by atoms with Crippen LogP contribution in [-0.4, -0.2) is 30.3 Å². The second kappa shape index (κ2) is 11.0. The Balaban J connectivity index is 2.26. The molecule has 0 bridgehead atoms. The van der Waals surface area contributed by atoms with E-state index >= 15 is 0 Å². The first-order chi connectivity index (χ1) is 13.8. The number of pyridine rings is 1. The Morgan fingerprint density at radius 3 is 2.66 bits per heavy atom. The predicted octanol–water partition coefficient (Wildman–Crippen LogP) is 5.61. The van der Waals surface area contributed by atoms with E-state index in [0.717, 1.165) is 30.0 Å². The molecule has 0 N–H and O–H groups in total. The summed E-state index contributed by atoms with van der Waals surface area (Å²) in [7, 11) is 1.58. The summed E-state index contributed by atoms with van der Waals surface area (Å²) in [6, 6.07) is 2.17. The van der Waals surface area contributed by atoms with Gasteiger partial charge in [-0.3, -0.25) is 9.78 Å². The van der Waals surface area contributed by atoms with Crippen LogP contribution in [0.25, 0.3) is 0 Å². The topological polar surface area (TPSA) is 48.4 Å². The highest BCUT2D eigenvalue weighted by Gasteiger charge is 2.39. The molecule has 1 saturated carbocycles. The number of hydrogen-bond donors (Lipinski definition) is 0. The van der Waals surface area contributed by atoms with E-state index in [1.54, 1.807) is 14.0 Å². The van der Waals surface area contributed by atoms with E-state index in [9.17, 15) is 4.79 Å². The largest absolute Gasteiger partial charge is 0.359 e. The molecule has 4 nitrogen and oxygen atoms in total. The lowest BCUT2D eigenvalue weighted by Crippen LogP contribution is -2.44. The van der Waals surface area contributed by atoms with Crippen molar-refractivity contribution < 1.29 is 14.3 Å². The zero-order chi connectivity index (χ0) is 21.4. The van der Waals surface area contributed by atoms with E-state index in [0.29, 0.717) is 12.3 Å². The molecule has 0 spiro atoms. The molecule has 0 saturated heterocycles. The summed E-state index contributed by atoms with van der Waals surface area (Å²) in [4.78, 5) is 17.5. The number of ketones is 1. The Morgan fingerprint density at radius 2 is 2.07 bits per heavy atom. The fourth-order valence-electron chi connectivity index (χ4n) is 3.77. The fourth-order valence-corrected chi connectivity index (χ4v) is 3.77. The third-order valence-corrected chi connectivity index (χ3v) is 5.98. The minimum atomic E-state index is -1.03. The zero-order valence-electron chi connectivity index (χ0n) is 19.2. The van der Waals surface area contributed by atoms with Crippen molar-refractivity contribution in [2.75, 3.05) is 13.9 Å². The van der Waals surface area contributed by atoms with E-state index in [2.05, 4.69) is 37.9 Å². The Morgan fingerprint density at radius 1 is 1.34 bits per heavy atom. The maximum absolute atomic E-state index is 12.8. The number of Topliss-reactive ketones (excluding diaryl/α,β-unsaturated/α-hetero) is 1. The van der Waals surface area contributed by atoms with Gasteiger partial charge in [0.1, 0.15) is 6.79 Å². The highest BCUT2D eigenvalue weighted by molar-refractivity contribution is 5.88. The Hall–Kier alpha value is -1.52. The van der Waals surface area contributed by atoms with Crippen LogP contribution in [0.1, 0.15) is 76.6 Å². The molecule has 0 aliphatic heterocycles. The van der Waals surface area contributed by atoms with Gasteiger partial charge in [0.15, 0.2) is 11.4 Å². The van der Waals surface area contributed by atoms with Gasteiger partial charge in [-0.2, -0.15) is 0 Å². The normalized spacial score (nSPS) is 16.9. The van der Waals surface area contributed by atoms with E-state index in [1.165, 1.54) is 36.8 Å². The number of nitrogens with zero attached hydrogens (tertiary/aromatic N) is 1. The van der Waals surface area contributed by atoms with Crippen LogP contribution >= 0.6 is 0 Å². The maximum atomic E-state index is 12.8. The van der Waals surface area contributed by atoms with Gasteiger partial charge in [0.05, 0.1) is 0 Å². The van der Waals surface area contributed by atoms with Crippen LogP contribution in [0, 0.1) is 18.8 Å². The van der Waals surface area contributed by atoms with Crippen LogP contribution in [0.3, 0.4) is 0 Å². The standard InChI is InChI=1S/C25H39NO3/c1-18(2)10-11-20(4)25(21(5)27,29-17-28-6)15-24-14-23(19(3)16-26-24)9-7-8-22-12-13-22/h11,14,16,18,22H,7-10,12-13,15,17H2,1-6H3/b20-11-/t25-/m1/s1. The van der Waals surface area contributed by atoms with Crippen molar-refractivity contribution in [1.82, 2.24) is 4.98 Å². The van der Waals surface area contributed by atoms with Crippen LogP contribution in [-0.2, 0) is 27.1 Å². The Kier molecular flexibility index (Phi) is 9.04. The lowest BCUT2D eigenvalue weighted by atomic mass is 9.84. The number of aryl methyl sites for hydroxylation is 2. The first-order valence-electron chi connectivity index (χ1n) is 11.0. The van der Waals surface area contributed by atoms with Crippen LogP contribution in [0.5, 0.6) is 0 Å². The molecule has 4 heteroatoms. The van der Waals surface area contributed by atoms with Gasteiger partial charge >= 0.3 is 0 Å². The summed E-state index contributed by atoms with van der Waals surface area (Å²) in [5.41, 5.74) is 3.37. The lowest BCUT2D eigenvalue weighted by Gasteiger charge is -2.32. The summed E-state index contributed by atoms with van der Waals surface area (Å²) in [5.74, 6) is 1.47. The predicted molar refractivity (Wildman–Crippen MR) is 118 cm³/mol. The van der Waals surface area contributed by atoms with Crippen molar-refractivity contribution in [3.05, 3.63) is 40.7 Å². The molecule has 162 valence electrons. The Labute approximate surface area is 177 Å². The molecule has 1 aromatic heterocycles.